The van der Waals surface area contributed by atoms with Gasteiger partial charge < -0.3 is 20.3 Å². The van der Waals surface area contributed by atoms with Gasteiger partial charge in [-0.15, -0.1) is 11.3 Å². The lowest BCUT2D eigenvalue weighted by Crippen LogP contribution is -2.42. The van der Waals surface area contributed by atoms with Gasteiger partial charge in [-0.05, 0) is 50.1 Å². The third-order valence-corrected chi connectivity index (χ3v) is 6.03. The van der Waals surface area contributed by atoms with Gasteiger partial charge in [0.1, 0.15) is 0 Å². The number of aliphatic imine (C=N–C) groups is 1. The van der Waals surface area contributed by atoms with E-state index >= 15 is 0 Å². The fourth-order valence-electron chi connectivity index (χ4n) is 3.46. The van der Waals surface area contributed by atoms with E-state index in [1.807, 2.05) is 11.8 Å². The van der Waals surface area contributed by atoms with Crippen molar-refractivity contribution < 1.29 is 9.53 Å². The third kappa shape index (κ3) is 4.98. The minimum Gasteiger partial charge on any atom is -0.373 e. The molecule has 2 aliphatic rings. The summed E-state index contributed by atoms with van der Waals surface area (Å²) in [5.74, 6) is 0.965. The zero-order valence-electron chi connectivity index (χ0n) is 15.8. The van der Waals surface area contributed by atoms with E-state index < -0.39 is 0 Å². The van der Waals surface area contributed by atoms with Crippen molar-refractivity contribution in [1.82, 2.24) is 15.5 Å². The van der Waals surface area contributed by atoms with Crippen LogP contribution in [-0.2, 0) is 22.5 Å². The van der Waals surface area contributed by atoms with E-state index in [0.29, 0.717) is 19.5 Å². The molecule has 1 amide bonds. The van der Waals surface area contributed by atoms with Crippen molar-refractivity contribution in [3.8, 4) is 0 Å². The van der Waals surface area contributed by atoms with Crippen LogP contribution in [0.2, 0.25) is 0 Å². The Morgan fingerprint density at radius 2 is 2.35 bits per heavy atom. The molecule has 0 radical (unpaired) electrons. The highest BCUT2D eigenvalue weighted by atomic mass is 32.1. The van der Waals surface area contributed by atoms with E-state index in [1.165, 1.54) is 10.4 Å². The molecule has 0 aliphatic carbocycles. The van der Waals surface area contributed by atoms with Crippen LogP contribution < -0.4 is 10.6 Å². The van der Waals surface area contributed by atoms with Gasteiger partial charge >= 0.3 is 0 Å². The average molecular weight is 379 g/mol. The van der Waals surface area contributed by atoms with Gasteiger partial charge in [-0.2, -0.15) is 0 Å². The molecule has 0 spiro atoms. The molecular formula is C19H30N4O2S. The van der Waals surface area contributed by atoms with Gasteiger partial charge in [0.05, 0.1) is 12.1 Å². The van der Waals surface area contributed by atoms with Crippen LogP contribution in [0.25, 0.3) is 0 Å². The normalized spacial score (nSPS) is 23.0. The summed E-state index contributed by atoms with van der Waals surface area (Å²) in [4.78, 5) is 20.5. The fraction of sp³-hybridized carbons (Fsp3) is 0.684. The Morgan fingerprint density at radius 3 is 3.12 bits per heavy atom. The second-order valence-electron chi connectivity index (χ2n) is 7.21. The molecule has 7 heteroatoms. The number of nitrogens with one attached hydrogen (secondary N) is 2. The Hall–Kier alpha value is -1.60. The minimum absolute atomic E-state index is 0.149. The van der Waals surface area contributed by atoms with E-state index in [0.717, 1.165) is 51.5 Å². The number of amides is 1. The van der Waals surface area contributed by atoms with Crippen molar-refractivity contribution in [2.24, 2.45) is 4.99 Å². The average Bonchev–Trinajstić information content (AvgIpc) is 3.28. The first kappa shape index (κ1) is 19.2. The van der Waals surface area contributed by atoms with Crippen LogP contribution in [0.4, 0.5) is 0 Å². The Kier molecular flexibility index (Phi) is 6.53. The van der Waals surface area contributed by atoms with E-state index in [2.05, 4.69) is 34.0 Å². The zero-order valence-corrected chi connectivity index (χ0v) is 16.7. The number of nitrogens with zero attached hydrogens (tertiary/aromatic N) is 2. The van der Waals surface area contributed by atoms with Gasteiger partial charge in [0.2, 0.25) is 5.91 Å². The number of carbonyl (C=O) groups is 1. The number of fused-ring (bicyclic) bond motifs is 1. The molecule has 144 valence electrons. The number of ether oxygens (including phenoxy) is 1. The van der Waals surface area contributed by atoms with Crippen molar-refractivity contribution in [2.45, 2.75) is 51.7 Å². The molecule has 0 saturated carbocycles. The SMILES string of the molecule is CCNC(=NCC1(C)CCCO1)NCCC(=O)N1CCc2sccc2C1. The highest BCUT2D eigenvalue weighted by Crippen LogP contribution is 2.25. The van der Waals surface area contributed by atoms with E-state index in [1.54, 1.807) is 11.3 Å². The summed E-state index contributed by atoms with van der Waals surface area (Å²) >= 11 is 1.80. The number of rotatable bonds is 6. The molecule has 2 aliphatic heterocycles. The smallest absolute Gasteiger partial charge is 0.224 e. The Labute approximate surface area is 160 Å². The summed E-state index contributed by atoms with van der Waals surface area (Å²) in [5, 5.41) is 8.65. The first-order valence-corrected chi connectivity index (χ1v) is 10.5. The molecule has 1 saturated heterocycles. The lowest BCUT2D eigenvalue weighted by atomic mass is 10.0. The monoisotopic (exact) mass is 378 g/mol. The highest BCUT2D eigenvalue weighted by Gasteiger charge is 2.29. The molecule has 1 unspecified atom stereocenters. The molecule has 2 N–H and O–H groups in total. The summed E-state index contributed by atoms with van der Waals surface area (Å²) < 4.78 is 5.79. The Morgan fingerprint density at radius 1 is 1.46 bits per heavy atom. The van der Waals surface area contributed by atoms with E-state index in [4.69, 9.17) is 4.74 Å². The zero-order chi connectivity index (χ0) is 18.4. The molecule has 26 heavy (non-hydrogen) atoms. The van der Waals surface area contributed by atoms with Gasteiger partial charge in [-0.3, -0.25) is 9.79 Å². The summed E-state index contributed by atoms with van der Waals surface area (Å²) in [6.07, 6.45) is 3.62. The summed E-state index contributed by atoms with van der Waals surface area (Å²) in [6, 6.07) is 2.14. The minimum atomic E-state index is -0.149. The van der Waals surface area contributed by atoms with Crippen LogP contribution in [0.3, 0.4) is 0 Å². The molecule has 6 nitrogen and oxygen atoms in total. The maximum atomic E-state index is 12.5. The van der Waals surface area contributed by atoms with Crippen LogP contribution in [-0.4, -0.2) is 55.2 Å². The van der Waals surface area contributed by atoms with Gasteiger partial charge in [-0.1, -0.05) is 0 Å². The topological polar surface area (TPSA) is 66.0 Å². The van der Waals surface area contributed by atoms with Crippen molar-refractivity contribution in [3.05, 3.63) is 21.9 Å². The molecule has 1 aromatic rings. The van der Waals surface area contributed by atoms with Crippen LogP contribution >= 0.6 is 11.3 Å². The molecular weight excluding hydrogens is 348 g/mol. The second-order valence-corrected chi connectivity index (χ2v) is 8.21. The number of carbonyl (C=O) groups excluding carboxylic acids is 1. The number of thiophene rings is 1. The predicted molar refractivity (Wildman–Crippen MR) is 106 cm³/mol. The Bertz CT molecular complexity index is 637. The fourth-order valence-corrected chi connectivity index (χ4v) is 4.35. The second kappa shape index (κ2) is 8.86. The lowest BCUT2D eigenvalue weighted by molar-refractivity contribution is -0.131. The number of guanidine groups is 1. The van der Waals surface area contributed by atoms with Crippen molar-refractivity contribution in [2.75, 3.05) is 32.8 Å². The quantitative estimate of drug-likeness (QED) is 0.588. The summed E-state index contributed by atoms with van der Waals surface area (Å²) in [5.41, 5.74) is 1.16. The summed E-state index contributed by atoms with van der Waals surface area (Å²) in [6.45, 7) is 8.60. The van der Waals surface area contributed by atoms with Crippen LogP contribution in [0, 0.1) is 0 Å². The lowest BCUT2D eigenvalue weighted by Gasteiger charge is -2.27. The maximum Gasteiger partial charge on any atom is 0.224 e. The highest BCUT2D eigenvalue weighted by molar-refractivity contribution is 7.10. The molecule has 3 heterocycles. The van der Waals surface area contributed by atoms with Gasteiger partial charge in [-0.25, -0.2) is 0 Å². The van der Waals surface area contributed by atoms with Crippen molar-refractivity contribution >= 4 is 23.2 Å². The van der Waals surface area contributed by atoms with E-state index in [9.17, 15) is 4.79 Å². The largest absolute Gasteiger partial charge is 0.373 e. The number of hydrogen-bond acceptors (Lipinski definition) is 4. The molecule has 0 aromatic carbocycles. The van der Waals surface area contributed by atoms with Crippen LogP contribution in [0.1, 0.15) is 43.6 Å². The van der Waals surface area contributed by atoms with Crippen LogP contribution in [0.15, 0.2) is 16.4 Å². The van der Waals surface area contributed by atoms with Crippen molar-refractivity contribution in [3.63, 3.8) is 0 Å². The van der Waals surface area contributed by atoms with Crippen molar-refractivity contribution in [1.29, 1.82) is 0 Å². The van der Waals surface area contributed by atoms with Gasteiger partial charge in [0.15, 0.2) is 5.96 Å². The van der Waals surface area contributed by atoms with Gasteiger partial charge in [0.25, 0.3) is 0 Å². The molecule has 1 atom stereocenters. The molecule has 1 aromatic heterocycles. The molecule has 0 bridgehead atoms. The number of hydrogen-bond donors (Lipinski definition) is 2. The third-order valence-electron chi connectivity index (χ3n) is 5.01. The predicted octanol–water partition coefficient (Wildman–Crippen LogP) is 2.15. The van der Waals surface area contributed by atoms with E-state index in [-0.39, 0.29) is 11.5 Å². The molecule has 1 fully saturated rings. The van der Waals surface area contributed by atoms with Crippen LogP contribution in [0.5, 0.6) is 0 Å². The maximum absolute atomic E-state index is 12.5. The molecule has 3 rings (SSSR count). The first-order valence-electron chi connectivity index (χ1n) is 9.59. The standard InChI is InChI=1S/C19H30N4O2S/c1-3-20-18(22-14-19(2)8-4-11-25-19)21-9-5-17(24)23-10-6-16-15(13-23)7-12-26-16/h7,12H,3-6,8-11,13-14H2,1-2H3,(H2,20,21,22). The summed E-state index contributed by atoms with van der Waals surface area (Å²) in [7, 11) is 0. The Balaban J connectivity index is 1.45. The van der Waals surface area contributed by atoms with Gasteiger partial charge in [0, 0.05) is 44.1 Å². The first-order chi connectivity index (χ1) is 12.6.